The second-order valence-corrected chi connectivity index (χ2v) is 5.42. The van der Waals surface area contributed by atoms with E-state index >= 15 is 0 Å². The van der Waals surface area contributed by atoms with Crippen LogP contribution in [0, 0.1) is 5.92 Å². The summed E-state index contributed by atoms with van der Waals surface area (Å²) in [6, 6.07) is 8.59. The van der Waals surface area contributed by atoms with Crippen molar-refractivity contribution in [2.24, 2.45) is 11.7 Å². The first-order valence-electron chi connectivity index (χ1n) is 6.67. The molecule has 2 aromatic rings. The fraction of sp³-hybridized carbons (Fsp3) is 0.467. The van der Waals surface area contributed by atoms with E-state index in [0.717, 1.165) is 31.6 Å². The first-order valence-corrected chi connectivity index (χ1v) is 6.67. The van der Waals surface area contributed by atoms with Crippen molar-refractivity contribution in [1.29, 1.82) is 0 Å². The largest absolute Gasteiger partial charge is 0.464 e. The van der Waals surface area contributed by atoms with Gasteiger partial charge in [0.05, 0.1) is 6.26 Å². The smallest absolute Gasteiger partial charge is 0.134 e. The lowest BCUT2D eigenvalue weighted by atomic mass is 9.94. The van der Waals surface area contributed by atoms with Gasteiger partial charge in [0.25, 0.3) is 0 Å². The van der Waals surface area contributed by atoms with Crippen LogP contribution < -0.4 is 5.73 Å². The molecule has 2 atom stereocenters. The highest BCUT2D eigenvalue weighted by atomic mass is 16.3. The van der Waals surface area contributed by atoms with Crippen molar-refractivity contribution >= 4 is 11.0 Å². The second kappa shape index (κ2) is 4.75. The number of rotatable bonds is 2. The lowest BCUT2D eigenvalue weighted by molar-refractivity contribution is 0.158. The van der Waals surface area contributed by atoms with E-state index in [2.05, 4.69) is 24.0 Å². The monoisotopic (exact) mass is 244 g/mol. The maximum atomic E-state index is 6.06. The normalized spacial score (nSPS) is 25.7. The van der Waals surface area contributed by atoms with Crippen molar-refractivity contribution in [2.45, 2.75) is 25.9 Å². The van der Waals surface area contributed by atoms with E-state index in [4.69, 9.17) is 10.2 Å². The number of fused-ring (bicyclic) bond motifs is 1. The highest BCUT2D eigenvalue weighted by Gasteiger charge is 2.23. The summed E-state index contributed by atoms with van der Waals surface area (Å²) < 4.78 is 5.59. The molecule has 1 aromatic carbocycles. The SMILES string of the molecule is CC1CN(Cc2coc3ccccc23)CCC1N. The Hall–Kier alpha value is -1.32. The zero-order chi connectivity index (χ0) is 12.5. The van der Waals surface area contributed by atoms with Crippen LogP contribution in [0.15, 0.2) is 34.9 Å². The molecule has 0 spiro atoms. The lowest BCUT2D eigenvalue weighted by Crippen LogP contribution is -2.45. The van der Waals surface area contributed by atoms with E-state index in [0.29, 0.717) is 12.0 Å². The fourth-order valence-corrected chi connectivity index (χ4v) is 2.79. The number of piperidine rings is 1. The van der Waals surface area contributed by atoms with Gasteiger partial charge in [-0.1, -0.05) is 25.1 Å². The van der Waals surface area contributed by atoms with E-state index in [1.807, 2.05) is 18.4 Å². The molecule has 0 saturated carbocycles. The van der Waals surface area contributed by atoms with Gasteiger partial charge in [-0.05, 0) is 24.9 Å². The van der Waals surface area contributed by atoms with Crippen molar-refractivity contribution in [2.75, 3.05) is 13.1 Å². The number of nitrogens with two attached hydrogens (primary N) is 1. The molecular formula is C15H20N2O. The van der Waals surface area contributed by atoms with Gasteiger partial charge in [-0.2, -0.15) is 0 Å². The number of hydrogen-bond acceptors (Lipinski definition) is 3. The summed E-state index contributed by atoms with van der Waals surface area (Å²) in [4.78, 5) is 2.48. The van der Waals surface area contributed by atoms with Crippen LogP contribution in [0.4, 0.5) is 0 Å². The molecule has 1 aliphatic heterocycles. The molecule has 1 fully saturated rings. The molecular weight excluding hydrogens is 224 g/mol. The molecule has 0 bridgehead atoms. The average molecular weight is 244 g/mol. The zero-order valence-electron chi connectivity index (χ0n) is 10.8. The molecule has 0 amide bonds. The molecule has 18 heavy (non-hydrogen) atoms. The van der Waals surface area contributed by atoms with Gasteiger partial charge in [0.15, 0.2) is 0 Å². The highest BCUT2D eigenvalue weighted by molar-refractivity contribution is 5.80. The Morgan fingerprint density at radius 3 is 3.06 bits per heavy atom. The number of likely N-dealkylation sites (tertiary alicyclic amines) is 1. The molecule has 0 radical (unpaired) electrons. The maximum absolute atomic E-state index is 6.06. The third-order valence-corrected chi connectivity index (χ3v) is 4.01. The Kier molecular flexibility index (Phi) is 3.10. The van der Waals surface area contributed by atoms with Gasteiger partial charge in [-0.25, -0.2) is 0 Å². The third kappa shape index (κ3) is 2.16. The number of nitrogens with zero attached hydrogens (tertiary/aromatic N) is 1. The highest BCUT2D eigenvalue weighted by Crippen LogP contribution is 2.24. The van der Waals surface area contributed by atoms with E-state index in [1.165, 1.54) is 10.9 Å². The van der Waals surface area contributed by atoms with Crippen LogP contribution in [0.25, 0.3) is 11.0 Å². The Morgan fingerprint density at radius 2 is 2.22 bits per heavy atom. The van der Waals surface area contributed by atoms with Gasteiger partial charge in [-0.15, -0.1) is 0 Å². The fourth-order valence-electron chi connectivity index (χ4n) is 2.79. The first-order chi connectivity index (χ1) is 8.74. The van der Waals surface area contributed by atoms with Crippen molar-refractivity contribution in [3.63, 3.8) is 0 Å². The van der Waals surface area contributed by atoms with E-state index < -0.39 is 0 Å². The van der Waals surface area contributed by atoms with Crippen LogP contribution in [0.5, 0.6) is 0 Å². The topological polar surface area (TPSA) is 42.4 Å². The minimum atomic E-state index is 0.363. The van der Waals surface area contributed by atoms with Crippen molar-refractivity contribution < 1.29 is 4.42 Å². The molecule has 3 nitrogen and oxygen atoms in total. The Balaban J connectivity index is 1.76. The molecule has 2 N–H and O–H groups in total. The summed E-state index contributed by atoms with van der Waals surface area (Å²) >= 11 is 0. The standard InChI is InChI=1S/C15H20N2O/c1-11-8-17(7-6-14(11)16)9-12-10-18-15-5-3-2-4-13(12)15/h2-5,10-11,14H,6-9,16H2,1H3. The van der Waals surface area contributed by atoms with Crippen LogP contribution in [0.3, 0.4) is 0 Å². The quantitative estimate of drug-likeness (QED) is 0.883. The maximum Gasteiger partial charge on any atom is 0.134 e. The molecule has 1 aromatic heterocycles. The summed E-state index contributed by atoms with van der Waals surface area (Å²) in [5.74, 6) is 0.580. The summed E-state index contributed by atoms with van der Waals surface area (Å²) in [5, 5.41) is 1.24. The Morgan fingerprint density at radius 1 is 1.39 bits per heavy atom. The summed E-state index contributed by atoms with van der Waals surface area (Å²) in [6.07, 6.45) is 2.99. The van der Waals surface area contributed by atoms with Crippen LogP contribution in [0.1, 0.15) is 18.9 Å². The zero-order valence-corrected chi connectivity index (χ0v) is 10.8. The summed E-state index contributed by atoms with van der Waals surface area (Å²) in [6.45, 7) is 5.38. The van der Waals surface area contributed by atoms with Gasteiger partial charge in [0.2, 0.25) is 0 Å². The Labute approximate surface area is 108 Å². The molecule has 0 aliphatic carbocycles. The first kappa shape index (κ1) is 11.8. The lowest BCUT2D eigenvalue weighted by Gasteiger charge is -2.34. The van der Waals surface area contributed by atoms with Crippen LogP contribution in [-0.2, 0) is 6.54 Å². The van der Waals surface area contributed by atoms with E-state index in [9.17, 15) is 0 Å². The van der Waals surface area contributed by atoms with Crippen LogP contribution in [0.2, 0.25) is 0 Å². The number of furan rings is 1. The molecule has 1 saturated heterocycles. The third-order valence-electron chi connectivity index (χ3n) is 4.01. The van der Waals surface area contributed by atoms with Gasteiger partial charge in [-0.3, -0.25) is 4.90 Å². The Bertz CT molecular complexity index is 534. The van der Waals surface area contributed by atoms with Gasteiger partial charge in [0.1, 0.15) is 5.58 Å². The average Bonchev–Trinajstić information content (AvgIpc) is 2.78. The summed E-state index contributed by atoms with van der Waals surface area (Å²) in [7, 11) is 0. The second-order valence-electron chi connectivity index (χ2n) is 5.42. The van der Waals surface area contributed by atoms with Crippen LogP contribution >= 0.6 is 0 Å². The number of para-hydroxylation sites is 1. The van der Waals surface area contributed by atoms with Gasteiger partial charge < -0.3 is 10.2 Å². The van der Waals surface area contributed by atoms with Crippen molar-refractivity contribution in [3.05, 3.63) is 36.1 Å². The molecule has 1 aliphatic rings. The van der Waals surface area contributed by atoms with Crippen molar-refractivity contribution in [3.8, 4) is 0 Å². The summed E-state index contributed by atoms with van der Waals surface area (Å²) in [5.41, 5.74) is 8.33. The van der Waals surface area contributed by atoms with Crippen LogP contribution in [-0.4, -0.2) is 24.0 Å². The minimum absolute atomic E-state index is 0.363. The van der Waals surface area contributed by atoms with E-state index in [-0.39, 0.29) is 0 Å². The van der Waals surface area contributed by atoms with Crippen molar-refractivity contribution in [1.82, 2.24) is 4.90 Å². The minimum Gasteiger partial charge on any atom is -0.464 e. The van der Waals surface area contributed by atoms with Gasteiger partial charge >= 0.3 is 0 Å². The molecule has 3 rings (SSSR count). The predicted molar refractivity (Wildman–Crippen MR) is 73.2 cm³/mol. The number of hydrogen-bond donors (Lipinski definition) is 1. The number of benzene rings is 1. The molecule has 96 valence electrons. The molecule has 2 heterocycles. The van der Waals surface area contributed by atoms with E-state index in [1.54, 1.807) is 0 Å². The molecule has 2 unspecified atom stereocenters. The molecule has 3 heteroatoms. The van der Waals surface area contributed by atoms with Gasteiger partial charge in [0, 0.05) is 30.1 Å². The predicted octanol–water partition coefficient (Wildman–Crippen LogP) is 2.60.